The van der Waals surface area contributed by atoms with Crippen LogP contribution < -0.4 is 10.1 Å². The lowest BCUT2D eigenvalue weighted by molar-refractivity contribution is -0.113. The molecule has 0 saturated heterocycles. The van der Waals surface area contributed by atoms with Gasteiger partial charge in [-0.2, -0.15) is 5.26 Å². The van der Waals surface area contributed by atoms with E-state index >= 15 is 0 Å². The summed E-state index contributed by atoms with van der Waals surface area (Å²) in [5.74, 6) is 1.30. The van der Waals surface area contributed by atoms with Crippen LogP contribution in [0.5, 0.6) is 5.75 Å². The van der Waals surface area contributed by atoms with Gasteiger partial charge in [-0.25, -0.2) is 0 Å². The molecule has 2 aromatic heterocycles. The third-order valence-corrected chi connectivity index (χ3v) is 6.39. The number of para-hydroxylation sites is 1. The number of hydrogen-bond donors (Lipinski definition) is 1. The molecule has 0 fully saturated rings. The normalized spacial score (nSPS) is 10.7. The number of carbonyl (C=O) groups is 1. The van der Waals surface area contributed by atoms with Gasteiger partial charge in [0.1, 0.15) is 17.6 Å². The van der Waals surface area contributed by atoms with Crippen molar-refractivity contribution in [3.63, 3.8) is 0 Å². The monoisotopic (exact) mass is 487 g/mol. The van der Waals surface area contributed by atoms with Gasteiger partial charge in [0.15, 0.2) is 6.61 Å². The van der Waals surface area contributed by atoms with Gasteiger partial charge in [0.25, 0.3) is 11.1 Å². The third-order valence-electron chi connectivity index (χ3n) is 5.57. The van der Waals surface area contributed by atoms with Gasteiger partial charge in [-0.15, -0.1) is 10.2 Å². The van der Waals surface area contributed by atoms with Crippen LogP contribution in [0.3, 0.4) is 0 Å². The lowest BCUT2D eigenvalue weighted by Gasteiger charge is -2.12. The predicted molar refractivity (Wildman–Crippen MR) is 134 cm³/mol. The first-order valence-electron chi connectivity index (χ1n) is 11.0. The van der Waals surface area contributed by atoms with Crippen LogP contribution in [0.1, 0.15) is 33.8 Å². The second-order valence-electron chi connectivity index (χ2n) is 8.07. The Morgan fingerprint density at radius 3 is 2.66 bits per heavy atom. The summed E-state index contributed by atoms with van der Waals surface area (Å²) in [6, 6.07) is 17.8. The number of thioether (sulfide) groups is 1. The highest BCUT2D eigenvalue weighted by Gasteiger charge is 2.21. The predicted octanol–water partition coefficient (Wildman–Crippen LogP) is 5.28. The largest absolute Gasteiger partial charge is 0.484 e. The van der Waals surface area contributed by atoms with Gasteiger partial charge in [-0.05, 0) is 62.6 Å². The van der Waals surface area contributed by atoms with Gasteiger partial charge in [-0.1, -0.05) is 42.1 Å². The van der Waals surface area contributed by atoms with Gasteiger partial charge in [0.05, 0.1) is 11.3 Å². The summed E-state index contributed by atoms with van der Waals surface area (Å²) >= 11 is 1.12. The van der Waals surface area contributed by atoms with Crippen molar-refractivity contribution in [3.8, 4) is 17.5 Å². The molecule has 0 aliphatic carbocycles. The van der Waals surface area contributed by atoms with Crippen molar-refractivity contribution in [3.05, 3.63) is 82.4 Å². The van der Waals surface area contributed by atoms with E-state index in [1.165, 1.54) is 0 Å². The number of nitriles is 1. The Kier molecular flexibility index (Phi) is 7.22. The van der Waals surface area contributed by atoms with Crippen LogP contribution >= 0.6 is 11.8 Å². The number of anilines is 1. The maximum Gasteiger partial charge on any atom is 0.277 e. The lowest BCUT2D eigenvalue weighted by Crippen LogP contribution is -2.17. The van der Waals surface area contributed by atoms with E-state index in [0.717, 1.165) is 45.6 Å². The van der Waals surface area contributed by atoms with E-state index in [9.17, 15) is 10.1 Å². The van der Waals surface area contributed by atoms with Crippen molar-refractivity contribution in [2.24, 2.45) is 0 Å². The topological polar surface area (TPSA) is 106 Å². The zero-order valence-electron chi connectivity index (χ0n) is 20.0. The number of ether oxygens (including phenoxy) is 1. The van der Waals surface area contributed by atoms with Crippen molar-refractivity contribution < 1.29 is 13.9 Å². The molecule has 0 spiro atoms. The molecular weight excluding hydrogens is 462 g/mol. The van der Waals surface area contributed by atoms with E-state index in [1.54, 1.807) is 0 Å². The van der Waals surface area contributed by atoms with Gasteiger partial charge < -0.3 is 14.5 Å². The highest BCUT2D eigenvalue weighted by Crippen LogP contribution is 2.30. The first kappa shape index (κ1) is 24.1. The Morgan fingerprint density at radius 1 is 1.14 bits per heavy atom. The molecule has 35 heavy (non-hydrogen) atoms. The minimum absolute atomic E-state index is 0.0441. The summed E-state index contributed by atoms with van der Waals surface area (Å²) < 4.78 is 13.3. The summed E-state index contributed by atoms with van der Waals surface area (Å²) in [5.41, 5.74) is 5.13. The summed E-state index contributed by atoms with van der Waals surface area (Å²) in [6.45, 7) is 7.90. The molecule has 0 aliphatic heterocycles. The average Bonchev–Trinajstić information content (AvgIpc) is 3.40. The maximum absolute atomic E-state index is 12.8. The zero-order valence-corrected chi connectivity index (χ0v) is 20.8. The molecule has 2 heterocycles. The summed E-state index contributed by atoms with van der Waals surface area (Å²) in [7, 11) is 0. The Hall–Kier alpha value is -4.03. The van der Waals surface area contributed by atoms with Crippen LogP contribution in [-0.2, 0) is 11.4 Å². The number of aromatic nitrogens is 3. The second-order valence-corrected chi connectivity index (χ2v) is 9.00. The molecule has 0 aliphatic rings. The molecule has 2 aromatic carbocycles. The van der Waals surface area contributed by atoms with Crippen LogP contribution in [0.4, 0.5) is 5.82 Å². The number of aryl methyl sites for hydroxylation is 2. The van der Waals surface area contributed by atoms with Crippen molar-refractivity contribution in [2.45, 2.75) is 39.5 Å². The van der Waals surface area contributed by atoms with E-state index in [0.29, 0.717) is 17.3 Å². The fourth-order valence-corrected chi connectivity index (χ4v) is 4.19. The smallest absolute Gasteiger partial charge is 0.277 e. The van der Waals surface area contributed by atoms with Gasteiger partial charge in [-0.3, -0.25) is 9.36 Å². The molecule has 4 aromatic rings. The van der Waals surface area contributed by atoms with Crippen molar-refractivity contribution in [1.82, 2.24) is 14.8 Å². The maximum atomic E-state index is 12.8. The van der Waals surface area contributed by atoms with Crippen molar-refractivity contribution in [1.29, 1.82) is 5.26 Å². The highest BCUT2D eigenvalue weighted by molar-refractivity contribution is 7.99. The summed E-state index contributed by atoms with van der Waals surface area (Å²) in [4.78, 5) is 12.8. The van der Waals surface area contributed by atoms with Gasteiger partial charge in [0, 0.05) is 11.4 Å². The van der Waals surface area contributed by atoms with Crippen molar-refractivity contribution in [2.75, 3.05) is 11.1 Å². The minimum Gasteiger partial charge on any atom is -0.484 e. The van der Waals surface area contributed by atoms with E-state index in [-0.39, 0.29) is 23.5 Å². The third kappa shape index (κ3) is 5.39. The van der Waals surface area contributed by atoms with Crippen LogP contribution in [-0.4, -0.2) is 26.4 Å². The molecule has 0 unspecified atom stereocenters. The number of carbonyl (C=O) groups excluding carboxylic acids is 1. The van der Waals surface area contributed by atoms with Gasteiger partial charge >= 0.3 is 0 Å². The first-order chi connectivity index (χ1) is 16.9. The molecule has 4 rings (SSSR count). The fourth-order valence-electron chi connectivity index (χ4n) is 3.61. The second kappa shape index (κ2) is 10.5. The van der Waals surface area contributed by atoms with Crippen LogP contribution in [0.15, 0.2) is 58.2 Å². The summed E-state index contributed by atoms with van der Waals surface area (Å²) in [6.07, 6.45) is 0. The molecule has 0 radical (unpaired) electrons. The Morgan fingerprint density at radius 2 is 1.91 bits per heavy atom. The van der Waals surface area contributed by atoms with Crippen LogP contribution in [0.25, 0.3) is 5.69 Å². The van der Waals surface area contributed by atoms with E-state index in [2.05, 4.69) is 21.6 Å². The van der Waals surface area contributed by atoms with E-state index < -0.39 is 0 Å². The average molecular weight is 488 g/mol. The van der Waals surface area contributed by atoms with Crippen molar-refractivity contribution >= 4 is 23.5 Å². The molecule has 178 valence electrons. The number of hydrogen-bond acceptors (Lipinski definition) is 7. The Balaban J connectivity index is 1.41. The molecule has 0 atom stereocenters. The van der Waals surface area contributed by atoms with E-state index in [4.69, 9.17) is 9.15 Å². The number of amides is 1. The van der Waals surface area contributed by atoms with Crippen LogP contribution in [0.2, 0.25) is 0 Å². The van der Waals surface area contributed by atoms with Crippen LogP contribution in [0, 0.1) is 39.0 Å². The van der Waals surface area contributed by atoms with Gasteiger partial charge in [0.2, 0.25) is 5.91 Å². The highest BCUT2D eigenvalue weighted by atomic mass is 32.2. The molecule has 1 amide bonds. The summed E-state index contributed by atoms with van der Waals surface area (Å²) in [5, 5.41) is 20.9. The molecule has 1 N–H and O–H groups in total. The number of nitrogens with one attached hydrogen (secondary N) is 1. The molecule has 0 saturated carbocycles. The standard InChI is InChI=1S/C26H25N5O3S/c1-16-10-11-17(2)22(12-16)33-14-24-29-30-26(34-24)35-15-23(32)28-25-21(13-27)18(3)19(4)31(25)20-8-6-5-7-9-20/h5-12H,14-15H2,1-4H3,(H,28,32). The molecular formula is C26H25N5O3S. The SMILES string of the molecule is Cc1ccc(C)c(OCc2nnc(SCC(=O)Nc3c(C#N)c(C)c(C)n3-c3ccccc3)o2)c1. The quantitative estimate of drug-likeness (QED) is 0.337. The Bertz CT molecular complexity index is 1400. The number of nitrogens with zero attached hydrogens (tertiary/aromatic N) is 4. The Labute approximate surface area is 207 Å². The number of benzene rings is 2. The fraction of sp³-hybridized carbons (Fsp3) is 0.231. The molecule has 8 nitrogen and oxygen atoms in total. The molecule has 0 bridgehead atoms. The zero-order chi connectivity index (χ0) is 24.9. The molecule has 9 heteroatoms. The minimum atomic E-state index is -0.285. The first-order valence-corrected chi connectivity index (χ1v) is 12.0. The lowest BCUT2D eigenvalue weighted by atomic mass is 10.1. The number of rotatable bonds is 8. The van der Waals surface area contributed by atoms with E-state index in [1.807, 2.05) is 80.8 Å².